The Morgan fingerprint density at radius 1 is 1.41 bits per heavy atom. The first-order valence-corrected chi connectivity index (χ1v) is 9.09. The maximum Gasteiger partial charge on any atom is 0.315 e. The molecule has 6 heteroatoms. The molecule has 1 unspecified atom stereocenters. The zero-order valence-electron chi connectivity index (χ0n) is 12.8. The molecule has 0 saturated carbocycles. The molecule has 0 aliphatic carbocycles. The Hall–Kier alpha value is -1.37. The maximum atomic E-state index is 12.0. The van der Waals surface area contributed by atoms with Crippen LogP contribution in [0.25, 0.3) is 0 Å². The van der Waals surface area contributed by atoms with Gasteiger partial charge in [0.1, 0.15) is 5.60 Å². The van der Waals surface area contributed by atoms with Crippen LogP contribution in [-0.4, -0.2) is 19.2 Å². The normalized spacial score (nSPS) is 20.5. The van der Waals surface area contributed by atoms with Gasteiger partial charge in [-0.05, 0) is 47.9 Å². The third kappa shape index (κ3) is 3.34. The molecule has 2 N–H and O–H groups in total. The molecule has 3 heterocycles. The van der Waals surface area contributed by atoms with Gasteiger partial charge in [-0.15, -0.1) is 22.7 Å². The van der Waals surface area contributed by atoms with E-state index in [0.29, 0.717) is 19.7 Å². The zero-order chi connectivity index (χ0) is 15.6. The minimum absolute atomic E-state index is 0.154. The van der Waals surface area contributed by atoms with Gasteiger partial charge in [-0.25, -0.2) is 4.79 Å². The summed E-state index contributed by atoms with van der Waals surface area (Å²) in [5.74, 6) is 0. The number of thiophene rings is 2. The van der Waals surface area contributed by atoms with E-state index in [1.807, 2.05) is 6.92 Å². The van der Waals surface area contributed by atoms with Crippen molar-refractivity contribution in [3.63, 3.8) is 0 Å². The highest BCUT2D eigenvalue weighted by atomic mass is 32.1. The van der Waals surface area contributed by atoms with Gasteiger partial charge in [-0.1, -0.05) is 0 Å². The van der Waals surface area contributed by atoms with Crippen LogP contribution in [0.3, 0.4) is 0 Å². The van der Waals surface area contributed by atoms with Crippen LogP contribution in [0, 0.1) is 6.92 Å². The molecule has 0 fully saturated rings. The third-order valence-electron chi connectivity index (χ3n) is 3.86. The molecule has 22 heavy (non-hydrogen) atoms. The van der Waals surface area contributed by atoms with Crippen molar-refractivity contribution < 1.29 is 9.53 Å². The maximum absolute atomic E-state index is 12.0. The largest absolute Gasteiger partial charge is 0.368 e. The summed E-state index contributed by atoms with van der Waals surface area (Å²) < 4.78 is 5.93. The lowest BCUT2D eigenvalue weighted by Crippen LogP contribution is -2.46. The highest BCUT2D eigenvalue weighted by molar-refractivity contribution is 7.10. The average molecular weight is 336 g/mol. The molecule has 3 rings (SSSR count). The quantitative estimate of drug-likeness (QED) is 0.899. The molecule has 0 aromatic carbocycles. The van der Waals surface area contributed by atoms with Gasteiger partial charge in [0.05, 0.1) is 19.7 Å². The predicted molar refractivity (Wildman–Crippen MR) is 90.6 cm³/mol. The average Bonchev–Trinajstić information content (AvgIpc) is 3.13. The Morgan fingerprint density at radius 3 is 3.05 bits per heavy atom. The van der Waals surface area contributed by atoms with Gasteiger partial charge in [0.25, 0.3) is 0 Å². The molecule has 2 aromatic heterocycles. The minimum atomic E-state index is -0.426. The van der Waals surface area contributed by atoms with Crippen LogP contribution in [0.4, 0.5) is 4.79 Å². The van der Waals surface area contributed by atoms with Crippen LogP contribution in [0.5, 0.6) is 0 Å². The molecule has 1 aliphatic rings. The van der Waals surface area contributed by atoms with Crippen LogP contribution >= 0.6 is 22.7 Å². The Kier molecular flexibility index (Phi) is 4.52. The number of fused-ring (bicyclic) bond motifs is 1. The fraction of sp³-hybridized carbons (Fsp3) is 0.438. The van der Waals surface area contributed by atoms with E-state index < -0.39 is 5.60 Å². The molecule has 1 aliphatic heterocycles. The van der Waals surface area contributed by atoms with E-state index in [1.165, 1.54) is 16.0 Å². The van der Waals surface area contributed by atoms with E-state index in [-0.39, 0.29) is 6.03 Å². The highest BCUT2D eigenvalue weighted by Crippen LogP contribution is 2.35. The van der Waals surface area contributed by atoms with Crippen molar-refractivity contribution >= 4 is 28.7 Å². The van der Waals surface area contributed by atoms with E-state index in [4.69, 9.17) is 4.74 Å². The molecule has 118 valence electrons. The highest BCUT2D eigenvalue weighted by Gasteiger charge is 2.34. The van der Waals surface area contributed by atoms with E-state index in [1.54, 1.807) is 22.7 Å². The van der Waals surface area contributed by atoms with Crippen molar-refractivity contribution in [2.24, 2.45) is 0 Å². The smallest absolute Gasteiger partial charge is 0.315 e. The summed E-state index contributed by atoms with van der Waals surface area (Å²) in [5.41, 5.74) is 2.01. The van der Waals surface area contributed by atoms with Gasteiger partial charge in [-0.3, -0.25) is 0 Å². The number of hydrogen-bond acceptors (Lipinski definition) is 4. The van der Waals surface area contributed by atoms with Crippen LogP contribution in [0.15, 0.2) is 22.9 Å². The number of carbonyl (C=O) groups is 1. The Bertz CT molecular complexity index is 665. The second-order valence-corrected chi connectivity index (χ2v) is 7.71. The molecule has 1 atom stereocenters. The number of ether oxygens (including phenoxy) is 1. The van der Waals surface area contributed by atoms with Gasteiger partial charge < -0.3 is 15.4 Å². The Balaban J connectivity index is 1.53. The second-order valence-electron chi connectivity index (χ2n) is 5.71. The summed E-state index contributed by atoms with van der Waals surface area (Å²) in [6.45, 7) is 5.85. The van der Waals surface area contributed by atoms with Gasteiger partial charge >= 0.3 is 6.03 Å². The summed E-state index contributed by atoms with van der Waals surface area (Å²) in [5, 5.41) is 10.0. The molecule has 0 spiro atoms. The molecule has 2 amide bonds. The topological polar surface area (TPSA) is 50.4 Å². The summed E-state index contributed by atoms with van der Waals surface area (Å²) in [7, 11) is 0. The fourth-order valence-electron chi connectivity index (χ4n) is 2.66. The summed E-state index contributed by atoms with van der Waals surface area (Å²) in [4.78, 5) is 14.5. The van der Waals surface area contributed by atoms with Gasteiger partial charge in [-0.2, -0.15) is 0 Å². The van der Waals surface area contributed by atoms with Gasteiger partial charge in [0.15, 0.2) is 0 Å². The number of carbonyl (C=O) groups excluding carboxylic acids is 1. The molecule has 0 radical (unpaired) electrons. The monoisotopic (exact) mass is 336 g/mol. The number of urea groups is 1. The summed E-state index contributed by atoms with van der Waals surface area (Å²) in [6.07, 6.45) is 0.965. The van der Waals surface area contributed by atoms with Crippen molar-refractivity contribution in [2.45, 2.75) is 32.4 Å². The van der Waals surface area contributed by atoms with Crippen LogP contribution in [-0.2, 0) is 23.3 Å². The summed E-state index contributed by atoms with van der Waals surface area (Å²) in [6, 6.07) is 4.04. The van der Waals surface area contributed by atoms with E-state index in [2.05, 4.69) is 40.5 Å². The number of amides is 2. The molecule has 0 bridgehead atoms. The van der Waals surface area contributed by atoms with Crippen LogP contribution in [0.1, 0.15) is 27.8 Å². The van der Waals surface area contributed by atoms with Crippen molar-refractivity contribution in [2.75, 3.05) is 13.2 Å². The number of rotatable bonds is 4. The number of hydrogen-bond donors (Lipinski definition) is 2. The first-order valence-electron chi connectivity index (χ1n) is 7.33. The first kappa shape index (κ1) is 15.5. The molecular weight excluding hydrogens is 316 g/mol. The van der Waals surface area contributed by atoms with E-state index in [9.17, 15) is 4.79 Å². The SMILES string of the molecule is Cc1csc(CNC(=O)NCC2(C)OCCc3sccc32)c1. The van der Waals surface area contributed by atoms with E-state index in [0.717, 1.165) is 11.3 Å². The Labute approximate surface area is 138 Å². The van der Waals surface area contributed by atoms with Crippen molar-refractivity contribution in [3.8, 4) is 0 Å². The van der Waals surface area contributed by atoms with E-state index >= 15 is 0 Å². The molecule has 0 saturated heterocycles. The zero-order valence-corrected chi connectivity index (χ0v) is 14.4. The third-order valence-corrected chi connectivity index (χ3v) is 5.89. The lowest BCUT2D eigenvalue weighted by atomic mass is 9.93. The van der Waals surface area contributed by atoms with Gasteiger partial charge in [0.2, 0.25) is 0 Å². The standard InChI is InChI=1S/C16H20N2O2S2/c1-11-7-12(22-9-11)8-17-15(19)18-10-16(2)13-4-6-21-14(13)3-5-20-16/h4,6-7,9H,3,5,8,10H2,1-2H3,(H2,17,18,19). The molecule has 2 aromatic rings. The van der Waals surface area contributed by atoms with Crippen molar-refractivity contribution in [1.29, 1.82) is 0 Å². The van der Waals surface area contributed by atoms with Gasteiger partial charge in [0, 0.05) is 16.2 Å². The number of aryl methyl sites for hydroxylation is 1. The first-order chi connectivity index (χ1) is 10.6. The van der Waals surface area contributed by atoms with Crippen LogP contribution in [0.2, 0.25) is 0 Å². The minimum Gasteiger partial charge on any atom is -0.368 e. The molecule has 4 nitrogen and oxygen atoms in total. The summed E-state index contributed by atoms with van der Waals surface area (Å²) >= 11 is 3.43. The van der Waals surface area contributed by atoms with Crippen molar-refractivity contribution in [1.82, 2.24) is 10.6 Å². The molecular formula is C16H20N2O2S2. The van der Waals surface area contributed by atoms with Crippen LogP contribution < -0.4 is 10.6 Å². The van der Waals surface area contributed by atoms with Crippen molar-refractivity contribution in [3.05, 3.63) is 43.8 Å². The second kappa shape index (κ2) is 6.40. The lowest BCUT2D eigenvalue weighted by molar-refractivity contribution is -0.0418. The predicted octanol–water partition coefficient (Wildman–Crippen LogP) is 3.41. The fourth-order valence-corrected chi connectivity index (χ4v) is 4.46. The number of nitrogens with one attached hydrogen (secondary N) is 2. The Morgan fingerprint density at radius 2 is 2.27 bits per heavy atom. The lowest BCUT2D eigenvalue weighted by Gasteiger charge is -2.34.